The second kappa shape index (κ2) is 20.5. The maximum atomic E-state index is 12.4. The number of esters is 1. The van der Waals surface area contributed by atoms with Crippen molar-refractivity contribution in [3.63, 3.8) is 0 Å². The number of ether oxygens (including phenoxy) is 1. The van der Waals surface area contributed by atoms with Gasteiger partial charge in [0.25, 0.3) is 0 Å². The maximum Gasteiger partial charge on any atom is 0.305 e. The van der Waals surface area contributed by atoms with E-state index < -0.39 is 0 Å². The summed E-state index contributed by atoms with van der Waals surface area (Å²) in [5, 5.41) is 0. The number of carbonyl (C=O) groups is 2. The molecule has 32 heavy (non-hydrogen) atoms. The van der Waals surface area contributed by atoms with Crippen molar-refractivity contribution in [1.29, 1.82) is 0 Å². The molecule has 0 radical (unpaired) electrons. The van der Waals surface area contributed by atoms with Crippen LogP contribution in [-0.4, -0.2) is 61.0 Å². The summed E-state index contributed by atoms with van der Waals surface area (Å²) in [6.07, 6.45) is 19.5. The van der Waals surface area contributed by atoms with Gasteiger partial charge in [-0.05, 0) is 19.3 Å². The fourth-order valence-corrected chi connectivity index (χ4v) is 4.39. The van der Waals surface area contributed by atoms with Crippen molar-refractivity contribution in [1.82, 2.24) is 9.80 Å². The monoisotopic (exact) mass is 452 g/mol. The van der Waals surface area contributed by atoms with Gasteiger partial charge in [-0.25, -0.2) is 0 Å². The van der Waals surface area contributed by atoms with E-state index in [-0.39, 0.29) is 5.97 Å². The third kappa shape index (κ3) is 15.7. The van der Waals surface area contributed by atoms with Crippen molar-refractivity contribution < 1.29 is 14.3 Å². The van der Waals surface area contributed by atoms with E-state index in [1.807, 2.05) is 4.90 Å². The molecule has 188 valence electrons. The Kier molecular flexibility index (Phi) is 18.5. The second-order valence-electron chi connectivity index (χ2n) is 9.54. The number of carbonyl (C=O) groups excluding carboxylic acids is 2. The molecule has 0 unspecified atom stereocenters. The van der Waals surface area contributed by atoms with Crippen molar-refractivity contribution >= 4 is 11.9 Å². The third-order valence-electron chi connectivity index (χ3n) is 6.59. The minimum Gasteiger partial charge on any atom is -0.466 e. The lowest BCUT2D eigenvalue weighted by Crippen LogP contribution is -2.48. The number of piperazine rings is 1. The number of rotatable bonds is 20. The zero-order valence-corrected chi connectivity index (χ0v) is 21.4. The summed E-state index contributed by atoms with van der Waals surface area (Å²) in [6.45, 7) is 9.50. The van der Waals surface area contributed by atoms with Gasteiger partial charge < -0.3 is 9.64 Å². The molecule has 1 saturated heterocycles. The Balaban J connectivity index is 1.94. The van der Waals surface area contributed by atoms with Crippen LogP contribution < -0.4 is 0 Å². The molecule has 0 atom stereocenters. The van der Waals surface area contributed by atoms with Crippen LogP contribution in [0.25, 0.3) is 0 Å². The predicted molar refractivity (Wildman–Crippen MR) is 134 cm³/mol. The Bertz CT molecular complexity index is 462. The molecule has 0 bridgehead atoms. The maximum absolute atomic E-state index is 12.4. The van der Waals surface area contributed by atoms with Crippen molar-refractivity contribution in [2.24, 2.45) is 0 Å². The lowest BCUT2D eigenvalue weighted by molar-refractivity contribution is -0.144. The summed E-state index contributed by atoms with van der Waals surface area (Å²) in [5.41, 5.74) is 0. The highest BCUT2D eigenvalue weighted by Crippen LogP contribution is 2.12. The van der Waals surface area contributed by atoms with Crippen LogP contribution in [0.2, 0.25) is 0 Å². The third-order valence-corrected chi connectivity index (χ3v) is 6.59. The quantitative estimate of drug-likeness (QED) is 0.160. The summed E-state index contributed by atoms with van der Waals surface area (Å²) in [4.78, 5) is 28.7. The first-order valence-electron chi connectivity index (χ1n) is 13.8. The minimum absolute atomic E-state index is 0.0423. The summed E-state index contributed by atoms with van der Waals surface area (Å²) < 4.78 is 5.39. The van der Waals surface area contributed by atoms with E-state index in [1.54, 1.807) is 0 Å². The lowest BCUT2D eigenvalue weighted by Gasteiger charge is -2.34. The van der Waals surface area contributed by atoms with Crippen molar-refractivity contribution in [2.75, 3.05) is 39.3 Å². The molecule has 5 nitrogen and oxygen atoms in total. The van der Waals surface area contributed by atoms with Crippen molar-refractivity contribution in [3.8, 4) is 0 Å². The van der Waals surface area contributed by atoms with E-state index in [4.69, 9.17) is 4.74 Å². The van der Waals surface area contributed by atoms with Gasteiger partial charge in [0.15, 0.2) is 0 Å². The Morgan fingerprint density at radius 3 is 1.69 bits per heavy atom. The predicted octanol–water partition coefficient (Wildman–Crippen LogP) is 6.35. The fourth-order valence-electron chi connectivity index (χ4n) is 4.39. The van der Waals surface area contributed by atoms with Crippen LogP contribution in [0, 0.1) is 0 Å². The van der Waals surface area contributed by atoms with Gasteiger partial charge in [0.05, 0.1) is 6.61 Å². The Labute approximate surface area is 198 Å². The van der Waals surface area contributed by atoms with Crippen LogP contribution >= 0.6 is 0 Å². The Morgan fingerprint density at radius 2 is 1.12 bits per heavy atom. The van der Waals surface area contributed by atoms with Gasteiger partial charge in [-0.2, -0.15) is 0 Å². The van der Waals surface area contributed by atoms with E-state index in [2.05, 4.69) is 18.7 Å². The number of hydrogen-bond acceptors (Lipinski definition) is 4. The molecule has 1 rings (SSSR count). The molecular weight excluding hydrogens is 400 g/mol. The summed E-state index contributed by atoms with van der Waals surface area (Å²) in [6, 6.07) is 0. The van der Waals surface area contributed by atoms with E-state index in [0.29, 0.717) is 25.4 Å². The van der Waals surface area contributed by atoms with Crippen LogP contribution in [-0.2, 0) is 14.3 Å². The molecule has 5 heteroatoms. The Hall–Kier alpha value is -1.10. The topological polar surface area (TPSA) is 49.9 Å². The number of unbranched alkanes of at least 4 members (excludes halogenated alkanes) is 12. The summed E-state index contributed by atoms with van der Waals surface area (Å²) >= 11 is 0. The molecule has 1 fully saturated rings. The SMILES string of the molecule is CCCCCCCCCC(=O)OCCCN1CCN(C(=O)CCCCCCCCC)CC1. The molecule has 0 spiro atoms. The molecule has 0 N–H and O–H groups in total. The van der Waals surface area contributed by atoms with E-state index >= 15 is 0 Å². The first kappa shape index (κ1) is 28.9. The molecule has 0 aliphatic carbocycles. The van der Waals surface area contributed by atoms with Crippen molar-refractivity contribution in [2.45, 2.75) is 123 Å². The fraction of sp³-hybridized carbons (Fsp3) is 0.926. The molecule has 0 saturated carbocycles. The van der Waals surface area contributed by atoms with E-state index in [9.17, 15) is 9.59 Å². The Morgan fingerprint density at radius 1 is 0.625 bits per heavy atom. The first-order valence-corrected chi connectivity index (χ1v) is 13.8. The number of nitrogens with zero attached hydrogens (tertiary/aromatic N) is 2. The highest BCUT2D eigenvalue weighted by molar-refractivity contribution is 5.76. The summed E-state index contributed by atoms with van der Waals surface area (Å²) in [5.74, 6) is 0.289. The van der Waals surface area contributed by atoms with Crippen LogP contribution in [0.4, 0.5) is 0 Å². The first-order chi connectivity index (χ1) is 15.7. The zero-order chi connectivity index (χ0) is 23.3. The average Bonchev–Trinajstić information content (AvgIpc) is 2.81. The molecule has 0 aromatic rings. The van der Waals surface area contributed by atoms with Gasteiger partial charge in [-0.1, -0.05) is 90.9 Å². The summed E-state index contributed by atoms with van der Waals surface area (Å²) in [7, 11) is 0. The molecule has 1 aliphatic heterocycles. The molecular formula is C27H52N2O3. The molecule has 1 amide bonds. The lowest BCUT2D eigenvalue weighted by atomic mass is 10.1. The average molecular weight is 453 g/mol. The highest BCUT2D eigenvalue weighted by Gasteiger charge is 2.20. The smallest absolute Gasteiger partial charge is 0.305 e. The molecule has 0 aromatic heterocycles. The van der Waals surface area contributed by atoms with E-state index in [1.165, 1.54) is 70.6 Å². The number of hydrogen-bond donors (Lipinski definition) is 0. The zero-order valence-electron chi connectivity index (χ0n) is 21.4. The highest BCUT2D eigenvalue weighted by atomic mass is 16.5. The van der Waals surface area contributed by atoms with Crippen LogP contribution in [0.1, 0.15) is 123 Å². The van der Waals surface area contributed by atoms with Gasteiger partial charge in [0.1, 0.15) is 0 Å². The molecule has 0 aromatic carbocycles. The van der Waals surface area contributed by atoms with Crippen molar-refractivity contribution in [3.05, 3.63) is 0 Å². The molecule has 1 heterocycles. The standard InChI is InChI=1S/C27H52N2O3/c1-3-5-7-9-11-13-15-18-26(30)29-23-21-28(22-24-29)20-17-25-32-27(31)19-16-14-12-10-8-6-4-2/h3-25H2,1-2H3. The van der Waals surface area contributed by atoms with Crippen LogP contribution in [0.3, 0.4) is 0 Å². The van der Waals surface area contributed by atoms with Gasteiger partial charge in [0.2, 0.25) is 5.91 Å². The number of amides is 1. The minimum atomic E-state index is -0.0423. The van der Waals surface area contributed by atoms with Crippen LogP contribution in [0.15, 0.2) is 0 Å². The van der Waals surface area contributed by atoms with Gasteiger partial charge in [-0.3, -0.25) is 14.5 Å². The van der Waals surface area contributed by atoms with Crippen LogP contribution in [0.5, 0.6) is 0 Å². The largest absolute Gasteiger partial charge is 0.466 e. The van der Waals surface area contributed by atoms with E-state index in [0.717, 1.165) is 58.4 Å². The second-order valence-corrected chi connectivity index (χ2v) is 9.54. The van der Waals surface area contributed by atoms with Gasteiger partial charge in [0, 0.05) is 45.6 Å². The molecule has 1 aliphatic rings. The van der Waals surface area contributed by atoms with Gasteiger partial charge >= 0.3 is 5.97 Å². The van der Waals surface area contributed by atoms with Gasteiger partial charge in [-0.15, -0.1) is 0 Å². The normalized spacial score (nSPS) is 14.6.